The van der Waals surface area contributed by atoms with Crippen LogP contribution in [0.15, 0.2) is 72.8 Å². The SMILES string of the molecule is CC(C)Oc1ccc(C[C@@H](NC(=O)OCC2c3ccccc3-c3ccccc32)C(=O)O)cc1. The molecule has 4 rings (SSSR count). The molecule has 0 unspecified atom stereocenters. The van der Waals surface area contributed by atoms with Gasteiger partial charge in [0.1, 0.15) is 18.4 Å². The number of nitrogens with one attached hydrogen (secondary N) is 1. The topological polar surface area (TPSA) is 84.9 Å². The molecule has 1 aliphatic carbocycles. The lowest BCUT2D eigenvalue weighted by molar-refractivity contribution is -0.139. The molecule has 0 fully saturated rings. The van der Waals surface area contributed by atoms with Crippen molar-refractivity contribution in [2.75, 3.05) is 6.61 Å². The molecule has 3 aromatic carbocycles. The number of benzene rings is 3. The molecule has 0 aliphatic heterocycles. The number of amides is 1. The zero-order valence-electron chi connectivity index (χ0n) is 18.7. The maximum Gasteiger partial charge on any atom is 0.407 e. The predicted molar refractivity (Wildman–Crippen MR) is 126 cm³/mol. The molecule has 33 heavy (non-hydrogen) atoms. The van der Waals surface area contributed by atoms with Gasteiger partial charge >= 0.3 is 12.1 Å². The van der Waals surface area contributed by atoms with Crippen LogP contribution in [-0.2, 0) is 16.0 Å². The van der Waals surface area contributed by atoms with Gasteiger partial charge in [-0.25, -0.2) is 9.59 Å². The van der Waals surface area contributed by atoms with Crippen LogP contribution in [0.5, 0.6) is 5.75 Å². The summed E-state index contributed by atoms with van der Waals surface area (Å²) in [6, 6.07) is 22.2. The number of ether oxygens (including phenoxy) is 2. The first kappa shape index (κ1) is 22.4. The van der Waals surface area contributed by atoms with E-state index in [0.29, 0.717) is 5.75 Å². The largest absolute Gasteiger partial charge is 0.491 e. The molecule has 2 N–H and O–H groups in total. The molecule has 0 saturated heterocycles. The summed E-state index contributed by atoms with van der Waals surface area (Å²) in [6.07, 6.45) is -0.552. The fourth-order valence-corrected chi connectivity index (χ4v) is 4.19. The Hall–Kier alpha value is -3.80. The lowest BCUT2D eigenvalue weighted by Gasteiger charge is -2.18. The summed E-state index contributed by atoms with van der Waals surface area (Å²) >= 11 is 0. The second kappa shape index (κ2) is 9.77. The summed E-state index contributed by atoms with van der Waals surface area (Å²) in [6.45, 7) is 4.01. The highest BCUT2D eigenvalue weighted by Gasteiger charge is 2.29. The molecule has 0 radical (unpaired) electrons. The second-order valence-electron chi connectivity index (χ2n) is 8.38. The number of fused-ring (bicyclic) bond motifs is 3. The summed E-state index contributed by atoms with van der Waals surface area (Å²) in [5, 5.41) is 12.1. The molecule has 6 heteroatoms. The molecule has 6 nitrogen and oxygen atoms in total. The first-order valence-corrected chi connectivity index (χ1v) is 11.0. The van der Waals surface area contributed by atoms with Gasteiger partial charge < -0.3 is 19.9 Å². The summed E-state index contributed by atoms with van der Waals surface area (Å²) in [7, 11) is 0. The Morgan fingerprint density at radius 1 is 0.909 bits per heavy atom. The van der Waals surface area contributed by atoms with Crippen molar-refractivity contribution < 1.29 is 24.2 Å². The van der Waals surface area contributed by atoms with Crippen LogP contribution in [0.25, 0.3) is 11.1 Å². The minimum absolute atomic E-state index is 0.0536. The van der Waals surface area contributed by atoms with Crippen molar-refractivity contribution in [1.82, 2.24) is 5.32 Å². The minimum Gasteiger partial charge on any atom is -0.491 e. The first-order chi connectivity index (χ1) is 15.9. The molecule has 0 heterocycles. The molecule has 1 atom stereocenters. The maximum absolute atomic E-state index is 12.5. The van der Waals surface area contributed by atoms with Crippen LogP contribution in [0.1, 0.15) is 36.5 Å². The van der Waals surface area contributed by atoms with Gasteiger partial charge in [0.2, 0.25) is 0 Å². The van der Waals surface area contributed by atoms with E-state index in [4.69, 9.17) is 9.47 Å². The van der Waals surface area contributed by atoms with Crippen molar-refractivity contribution in [1.29, 1.82) is 0 Å². The summed E-state index contributed by atoms with van der Waals surface area (Å²) in [4.78, 5) is 24.2. The molecule has 0 spiro atoms. The normalized spacial score (nSPS) is 13.2. The standard InChI is InChI=1S/C27H27NO5/c1-17(2)33-19-13-11-18(12-14-19)15-25(26(29)30)28-27(31)32-16-24-22-9-5-3-7-20(22)21-8-4-6-10-23(21)24/h3-14,17,24-25H,15-16H2,1-2H3,(H,28,31)(H,29,30)/t25-/m1/s1. The van der Waals surface area contributed by atoms with E-state index < -0.39 is 18.1 Å². The van der Waals surface area contributed by atoms with Crippen LogP contribution in [0.3, 0.4) is 0 Å². The van der Waals surface area contributed by atoms with Crippen LogP contribution in [0, 0.1) is 0 Å². The number of carboxylic acid groups (broad SMARTS) is 1. The third-order valence-electron chi connectivity index (χ3n) is 5.67. The number of rotatable bonds is 8. The Bertz CT molecular complexity index is 1090. The van der Waals surface area contributed by atoms with Gasteiger partial charge in [0.15, 0.2) is 0 Å². The molecule has 170 valence electrons. The van der Waals surface area contributed by atoms with Crippen molar-refractivity contribution in [2.45, 2.75) is 38.3 Å². The highest BCUT2D eigenvalue weighted by molar-refractivity contribution is 5.81. The van der Waals surface area contributed by atoms with Gasteiger partial charge in [-0.2, -0.15) is 0 Å². The monoisotopic (exact) mass is 445 g/mol. The average Bonchev–Trinajstić information content (AvgIpc) is 3.12. The van der Waals surface area contributed by atoms with Crippen LogP contribution < -0.4 is 10.1 Å². The Morgan fingerprint density at radius 3 is 2.03 bits per heavy atom. The molecule has 0 saturated carbocycles. The van der Waals surface area contributed by atoms with Gasteiger partial charge in [-0.15, -0.1) is 0 Å². The Balaban J connectivity index is 1.39. The highest BCUT2D eigenvalue weighted by Crippen LogP contribution is 2.44. The quantitative estimate of drug-likeness (QED) is 0.509. The van der Waals surface area contributed by atoms with E-state index in [9.17, 15) is 14.7 Å². The van der Waals surface area contributed by atoms with Crippen LogP contribution >= 0.6 is 0 Å². The number of carbonyl (C=O) groups excluding carboxylic acids is 1. The number of aliphatic carboxylic acids is 1. The van der Waals surface area contributed by atoms with Gasteiger partial charge in [0, 0.05) is 12.3 Å². The zero-order chi connectivity index (χ0) is 23.4. The smallest absolute Gasteiger partial charge is 0.407 e. The lowest BCUT2D eigenvalue weighted by atomic mass is 9.98. The first-order valence-electron chi connectivity index (χ1n) is 11.0. The predicted octanol–water partition coefficient (Wildman–Crippen LogP) is 5.01. The van der Waals surface area contributed by atoms with Crippen molar-refractivity contribution in [3.63, 3.8) is 0 Å². The van der Waals surface area contributed by atoms with Crippen LogP contribution in [0.4, 0.5) is 4.79 Å². The Labute approximate surface area is 193 Å². The maximum atomic E-state index is 12.5. The third kappa shape index (κ3) is 5.17. The molecule has 0 aromatic heterocycles. The lowest BCUT2D eigenvalue weighted by Crippen LogP contribution is -2.42. The number of hydrogen-bond donors (Lipinski definition) is 2. The van der Waals surface area contributed by atoms with E-state index in [1.807, 2.05) is 50.2 Å². The van der Waals surface area contributed by atoms with E-state index in [2.05, 4.69) is 17.4 Å². The minimum atomic E-state index is -1.12. The van der Waals surface area contributed by atoms with Crippen molar-refractivity contribution in [3.05, 3.63) is 89.5 Å². The van der Waals surface area contributed by atoms with E-state index in [1.54, 1.807) is 24.3 Å². The van der Waals surface area contributed by atoms with E-state index in [0.717, 1.165) is 27.8 Å². The second-order valence-corrected chi connectivity index (χ2v) is 8.38. The summed E-state index contributed by atoms with van der Waals surface area (Å²) < 4.78 is 11.1. The van der Waals surface area contributed by atoms with Crippen LogP contribution in [0.2, 0.25) is 0 Å². The van der Waals surface area contributed by atoms with Crippen molar-refractivity contribution >= 4 is 12.1 Å². The molecular formula is C27H27NO5. The Morgan fingerprint density at radius 2 is 1.48 bits per heavy atom. The van der Waals surface area contributed by atoms with Gasteiger partial charge in [0.25, 0.3) is 0 Å². The van der Waals surface area contributed by atoms with E-state index >= 15 is 0 Å². The van der Waals surface area contributed by atoms with Gasteiger partial charge in [-0.1, -0.05) is 60.7 Å². The Kier molecular flexibility index (Phi) is 6.63. The van der Waals surface area contributed by atoms with Crippen molar-refractivity contribution in [3.8, 4) is 16.9 Å². The van der Waals surface area contributed by atoms with Gasteiger partial charge in [-0.05, 0) is 53.8 Å². The molecule has 1 amide bonds. The molecular weight excluding hydrogens is 418 g/mol. The molecule has 3 aromatic rings. The van der Waals surface area contributed by atoms with E-state index in [1.165, 1.54) is 0 Å². The highest BCUT2D eigenvalue weighted by atomic mass is 16.5. The number of carboxylic acids is 1. The van der Waals surface area contributed by atoms with Gasteiger partial charge in [-0.3, -0.25) is 0 Å². The average molecular weight is 446 g/mol. The van der Waals surface area contributed by atoms with E-state index in [-0.39, 0.29) is 25.0 Å². The van der Waals surface area contributed by atoms with Crippen molar-refractivity contribution in [2.24, 2.45) is 0 Å². The summed E-state index contributed by atoms with van der Waals surface area (Å²) in [5.41, 5.74) is 5.25. The third-order valence-corrected chi connectivity index (χ3v) is 5.67. The number of carbonyl (C=O) groups is 2. The fourth-order valence-electron chi connectivity index (χ4n) is 4.19. The number of alkyl carbamates (subject to hydrolysis) is 1. The zero-order valence-corrected chi connectivity index (χ0v) is 18.7. The summed E-state index contributed by atoms with van der Waals surface area (Å²) in [5.74, 6) is -0.490. The number of hydrogen-bond acceptors (Lipinski definition) is 4. The fraction of sp³-hybridized carbons (Fsp3) is 0.259. The van der Waals surface area contributed by atoms with Gasteiger partial charge in [0.05, 0.1) is 6.10 Å². The molecule has 1 aliphatic rings. The molecule has 0 bridgehead atoms. The van der Waals surface area contributed by atoms with Crippen LogP contribution in [-0.4, -0.2) is 35.9 Å².